The normalized spacial score (nSPS) is 29.0. The molecule has 0 atom stereocenters. The molecule has 1 saturated heterocycles. The molecule has 5 heteroatoms. The van der Waals surface area contributed by atoms with Gasteiger partial charge in [-0.25, -0.2) is 12.7 Å². The van der Waals surface area contributed by atoms with Crippen LogP contribution in [0.3, 0.4) is 0 Å². The lowest BCUT2D eigenvalue weighted by molar-refractivity contribution is 0.220. The highest BCUT2D eigenvalue weighted by atomic mass is 32.2. The lowest BCUT2D eigenvalue weighted by Gasteiger charge is -2.34. The summed E-state index contributed by atoms with van der Waals surface area (Å²) in [5.74, 6) is 1.16. The monoisotopic (exact) mass is 277 g/mol. The molecule has 0 aromatic carbocycles. The van der Waals surface area contributed by atoms with Gasteiger partial charge in [-0.05, 0) is 30.4 Å². The fraction of sp³-hybridized carbons (Fsp3) is 1.00. The van der Waals surface area contributed by atoms with Gasteiger partial charge in [0.2, 0.25) is 10.0 Å². The van der Waals surface area contributed by atoms with E-state index in [4.69, 9.17) is 0 Å². The van der Waals surface area contributed by atoms with Gasteiger partial charge < -0.3 is 0 Å². The zero-order valence-electron chi connectivity index (χ0n) is 10.4. The van der Waals surface area contributed by atoms with Crippen LogP contribution in [-0.2, 0) is 10.0 Å². The van der Waals surface area contributed by atoms with Gasteiger partial charge in [0.05, 0.1) is 5.75 Å². The van der Waals surface area contributed by atoms with Crippen LogP contribution in [0.25, 0.3) is 0 Å². The summed E-state index contributed by atoms with van der Waals surface area (Å²) in [5.41, 5.74) is 0.136. The number of thiol groups is 1. The van der Waals surface area contributed by atoms with E-state index < -0.39 is 10.0 Å². The van der Waals surface area contributed by atoms with Crippen molar-refractivity contribution in [3.8, 4) is 0 Å². The van der Waals surface area contributed by atoms with Crippen molar-refractivity contribution in [3.05, 3.63) is 0 Å². The molecule has 1 saturated carbocycles. The minimum absolute atomic E-state index is 0.136. The van der Waals surface area contributed by atoms with Gasteiger partial charge in [-0.3, -0.25) is 0 Å². The first kappa shape index (κ1) is 13.7. The van der Waals surface area contributed by atoms with Crippen LogP contribution in [0.4, 0.5) is 0 Å². The van der Waals surface area contributed by atoms with Gasteiger partial charge in [0.25, 0.3) is 0 Å². The Morgan fingerprint density at radius 1 is 1.06 bits per heavy atom. The van der Waals surface area contributed by atoms with Crippen LogP contribution < -0.4 is 0 Å². The first-order chi connectivity index (χ1) is 8.08. The Bertz CT molecular complexity index is 346. The molecule has 2 fully saturated rings. The zero-order valence-corrected chi connectivity index (χ0v) is 12.1. The van der Waals surface area contributed by atoms with E-state index in [1.807, 2.05) is 0 Å². The SMILES string of the molecule is O=S1(=O)CCCN1CC1(CS)CCCCCC1. The molecule has 0 aromatic heterocycles. The highest BCUT2D eigenvalue weighted by Gasteiger charge is 2.37. The van der Waals surface area contributed by atoms with Crippen LogP contribution in [0.5, 0.6) is 0 Å². The van der Waals surface area contributed by atoms with Crippen LogP contribution in [-0.4, -0.2) is 37.3 Å². The van der Waals surface area contributed by atoms with E-state index in [0.29, 0.717) is 12.3 Å². The number of nitrogens with zero attached hydrogens (tertiary/aromatic N) is 1. The van der Waals surface area contributed by atoms with Crippen molar-refractivity contribution in [2.75, 3.05) is 24.6 Å². The van der Waals surface area contributed by atoms with Crippen LogP contribution in [0.2, 0.25) is 0 Å². The summed E-state index contributed by atoms with van der Waals surface area (Å²) in [4.78, 5) is 0. The molecule has 0 radical (unpaired) electrons. The number of rotatable bonds is 3. The number of hydrogen-bond acceptors (Lipinski definition) is 3. The number of hydrogen-bond donors (Lipinski definition) is 1. The second-order valence-electron chi connectivity index (χ2n) is 5.58. The van der Waals surface area contributed by atoms with Crippen molar-refractivity contribution < 1.29 is 8.42 Å². The van der Waals surface area contributed by atoms with E-state index in [1.165, 1.54) is 25.7 Å². The Hall–Kier alpha value is 0.260. The largest absolute Gasteiger partial charge is 0.214 e. The van der Waals surface area contributed by atoms with Crippen molar-refractivity contribution in [1.82, 2.24) is 4.31 Å². The molecular formula is C12H23NO2S2. The van der Waals surface area contributed by atoms with E-state index in [2.05, 4.69) is 12.6 Å². The Balaban J connectivity index is 2.08. The van der Waals surface area contributed by atoms with Gasteiger partial charge in [-0.15, -0.1) is 0 Å². The zero-order chi connectivity index (χ0) is 12.4. The molecule has 0 spiro atoms. The van der Waals surface area contributed by atoms with Gasteiger partial charge in [0.1, 0.15) is 0 Å². The van der Waals surface area contributed by atoms with E-state index in [-0.39, 0.29) is 5.41 Å². The van der Waals surface area contributed by atoms with Gasteiger partial charge in [-0.2, -0.15) is 12.6 Å². The molecular weight excluding hydrogens is 254 g/mol. The summed E-state index contributed by atoms with van der Waals surface area (Å²) in [5, 5.41) is 0. The van der Waals surface area contributed by atoms with E-state index >= 15 is 0 Å². The second kappa shape index (κ2) is 5.49. The highest BCUT2D eigenvalue weighted by molar-refractivity contribution is 7.89. The molecule has 1 aliphatic heterocycles. The third kappa shape index (κ3) is 3.18. The third-order valence-electron chi connectivity index (χ3n) is 4.21. The van der Waals surface area contributed by atoms with Crippen molar-refractivity contribution >= 4 is 22.7 Å². The first-order valence-corrected chi connectivity index (χ1v) is 8.91. The highest BCUT2D eigenvalue weighted by Crippen LogP contribution is 2.38. The Morgan fingerprint density at radius 2 is 1.71 bits per heavy atom. The molecule has 17 heavy (non-hydrogen) atoms. The first-order valence-electron chi connectivity index (χ1n) is 6.67. The molecule has 1 aliphatic carbocycles. The lowest BCUT2D eigenvalue weighted by Crippen LogP contribution is -2.39. The van der Waals surface area contributed by atoms with E-state index in [0.717, 1.165) is 31.6 Å². The minimum Gasteiger partial charge on any atom is -0.212 e. The summed E-state index contributed by atoms with van der Waals surface area (Å²) in [6.07, 6.45) is 8.13. The van der Waals surface area contributed by atoms with Gasteiger partial charge in [0.15, 0.2) is 0 Å². The third-order valence-corrected chi connectivity index (χ3v) is 6.79. The fourth-order valence-corrected chi connectivity index (χ4v) is 5.13. The van der Waals surface area contributed by atoms with E-state index in [1.54, 1.807) is 4.31 Å². The maximum atomic E-state index is 11.9. The lowest BCUT2D eigenvalue weighted by atomic mass is 9.82. The molecule has 0 aromatic rings. The molecule has 100 valence electrons. The van der Waals surface area contributed by atoms with Crippen molar-refractivity contribution in [2.45, 2.75) is 44.9 Å². The van der Waals surface area contributed by atoms with Crippen LogP contribution in [0.1, 0.15) is 44.9 Å². The summed E-state index contributed by atoms with van der Waals surface area (Å²) >= 11 is 4.51. The summed E-state index contributed by atoms with van der Waals surface area (Å²) in [6, 6.07) is 0. The maximum absolute atomic E-state index is 11.9. The molecule has 2 aliphatic rings. The van der Waals surface area contributed by atoms with E-state index in [9.17, 15) is 8.42 Å². The summed E-state index contributed by atoms with van der Waals surface area (Å²) < 4.78 is 25.5. The van der Waals surface area contributed by atoms with Crippen molar-refractivity contribution in [3.63, 3.8) is 0 Å². The second-order valence-corrected chi connectivity index (χ2v) is 7.98. The van der Waals surface area contributed by atoms with Gasteiger partial charge in [-0.1, -0.05) is 25.7 Å². The average Bonchev–Trinajstić information content (AvgIpc) is 2.54. The quantitative estimate of drug-likeness (QED) is 0.635. The number of sulfonamides is 1. The smallest absolute Gasteiger partial charge is 0.212 e. The van der Waals surface area contributed by atoms with Gasteiger partial charge >= 0.3 is 0 Å². The van der Waals surface area contributed by atoms with Crippen LogP contribution >= 0.6 is 12.6 Å². The summed E-state index contributed by atoms with van der Waals surface area (Å²) in [7, 11) is -2.95. The van der Waals surface area contributed by atoms with Crippen LogP contribution in [0, 0.1) is 5.41 Å². The predicted octanol–water partition coefficient (Wildman–Crippen LogP) is 2.29. The molecule has 3 nitrogen and oxygen atoms in total. The minimum atomic E-state index is -2.95. The molecule has 0 unspecified atom stereocenters. The van der Waals surface area contributed by atoms with Crippen LogP contribution in [0.15, 0.2) is 0 Å². The molecule has 0 amide bonds. The molecule has 0 bridgehead atoms. The molecule has 0 N–H and O–H groups in total. The topological polar surface area (TPSA) is 37.4 Å². The van der Waals surface area contributed by atoms with Crippen molar-refractivity contribution in [1.29, 1.82) is 0 Å². The maximum Gasteiger partial charge on any atom is 0.214 e. The molecule has 2 rings (SSSR count). The summed E-state index contributed by atoms with van der Waals surface area (Å²) in [6.45, 7) is 1.43. The fourth-order valence-electron chi connectivity index (χ4n) is 3.09. The molecule has 1 heterocycles. The Labute approximate surface area is 110 Å². The Morgan fingerprint density at radius 3 is 2.18 bits per heavy atom. The average molecular weight is 277 g/mol. The van der Waals surface area contributed by atoms with Gasteiger partial charge in [0, 0.05) is 13.1 Å². The predicted molar refractivity (Wildman–Crippen MR) is 74.0 cm³/mol. The standard InChI is InChI=1S/C12H23NO2S2/c14-17(15)9-5-8-13(17)10-12(11-16)6-3-1-2-4-7-12/h16H,1-11H2. The Kier molecular flexibility index (Phi) is 4.42. The van der Waals surface area contributed by atoms with Crippen molar-refractivity contribution in [2.24, 2.45) is 5.41 Å².